The smallest absolute Gasteiger partial charge is 0.142 e. The van der Waals surface area contributed by atoms with Crippen LogP contribution < -0.4 is 9.96 Å². The van der Waals surface area contributed by atoms with E-state index in [4.69, 9.17) is 0 Å². The Labute approximate surface area is 272 Å². The van der Waals surface area contributed by atoms with Crippen LogP contribution >= 0.6 is 0 Å². The summed E-state index contributed by atoms with van der Waals surface area (Å²) in [4.78, 5) is 12.9. The zero-order chi connectivity index (χ0) is 31.6. The average Bonchev–Trinajstić information content (AvgIpc) is 3.76. The van der Waals surface area contributed by atoms with E-state index >= 15 is 0 Å². The van der Waals surface area contributed by atoms with Gasteiger partial charge in [-0.2, -0.15) is 0 Å². The first-order chi connectivity index (χ1) is 20.8. The van der Waals surface area contributed by atoms with E-state index in [9.17, 15) is 0 Å². The molecule has 2 atom stereocenters. The summed E-state index contributed by atoms with van der Waals surface area (Å²) in [7, 11) is -1.33. The first kappa shape index (κ1) is 33.2. The summed E-state index contributed by atoms with van der Waals surface area (Å²) in [6, 6.07) is 16.2. The number of aryl methyl sites for hydroxylation is 1. The molecule has 0 aromatic heterocycles. The van der Waals surface area contributed by atoms with Crippen molar-refractivity contribution in [1.82, 2.24) is 19.8 Å². The van der Waals surface area contributed by atoms with Gasteiger partial charge in [0.15, 0.2) is 0 Å². The van der Waals surface area contributed by atoms with Gasteiger partial charge in [0, 0.05) is 70.9 Å². The zero-order valence-electron chi connectivity index (χ0n) is 29.1. The second kappa shape index (κ2) is 13.7. The number of allylic oxidation sites excluding steroid dienone is 2. The molecule has 2 aliphatic heterocycles. The molecule has 238 valence electrons. The molecule has 2 aliphatic carbocycles. The fourth-order valence-corrected chi connectivity index (χ4v) is 12.4. The number of nitrogens with zero attached hydrogens (tertiary/aromatic N) is 2. The standard InChI is InChI=1S/C20H31N2Si.C18H27N2Si/c1-6-15-9-10-16-17(13-15)19(23(5)21-20(2,3)4)14-18(16)22-11-7-8-12-22;1-18(2,3)19-21(4)17-13-16(20-11-7-8-12-20)14-9-5-6-10-15(14)17/h9-10,13-14,19,21H,6-8,11-12H2,1-5H3;5-6,9-10,13,17,19H,7-8,11-12H2,1-4H3. The summed E-state index contributed by atoms with van der Waals surface area (Å²) in [6.45, 7) is 25.7. The van der Waals surface area contributed by atoms with Crippen LogP contribution in [0, 0.1) is 0 Å². The van der Waals surface area contributed by atoms with Crippen LogP contribution in [0.1, 0.15) is 113 Å². The molecule has 2 fully saturated rings. The molecule has 6 rings (SSSR count). The van der Waals surface area contributed by atoms with Crippen molar-refractivity contribution in [2.24, 2.45) is 0 Å². The molecule has 2 N–H and O–H groups in total. The van der Waals surface area contributed by atoms with Crippen LogP contribution in [-0.2, 0) is 6.42 Å². The molecule has 6 heteroatoms. The molecule has 44 heavy (non-hydrogen) atoms. The zero-order valence-corrected chi connectivity index (χ0v) is 31.1. The van der Waals surface area contributed by atoms with Crippen molar-refractivity contribution in [3.63, 3.8) is 0 Å². The summed E-state index contributed by atoms with van der Waals surface area (Å²) in [5.41, 5.74) is 12.1. The van der Waals surface area contributed by atoms with E-state index < -0.39 is 17.9 Å². The minimum Gasteiger partial charge on any atom is -0.371 e. The number of hydrogen-bond donors (Lipinski definition) is 2. The molecular weight excluding hydrogens is 569 g/mol. The predicted octanol–water partition coefficient (Wildman–Crippen LogP) is 8.10. The molecule has 0 amide bonds. The van der Waals surface area contributed by atoms with Crippen LogP contribution in [0.5, 0.6) is 0 Å². The van der Waals surface area contributed by atoms with E-state index in [1.165, 1.54) is 85.5 Å². The molecule has 2 saturated heterocycles. The van der Waals surface area contributed by atoms with Crippen molar-refractivity contribution in [3.05, 3.63) is 82.4 Å². The van der Waals surface area contributed by atoms with Gasteiger partial charge in [0.05, 0.1) is 0 Å². The summed E-state index contributed by atoms with van der Waals surface area (Å²) in [6.07, 6.45) is 11.6. The van der Waals surface area contributed by atoms with E-state index in [0.717, 1.165) is 6.42 Å². The number of fused-ring (bicyclic) bond motifs is 2. The molecule has 0 bridgehead atoms. The minimum atomic E-state index is -0.675. The van der Waals surface area contributed by atoms with Crippen LogP contribution in [0.15, 0.2) is 54.6 Å². The van der Waals surface area contributed by atoms with Crippen LogP contribution in [0.4, 0.5) is 0 Å². The number of hydrogen-bond acceptors (Lipinski definition) is 4. The van der Waals surface area contributed by atoms with Gasteiger partial charge >= 0.3 is 0 Å². The summed E-state index contributed by atoms with van der Waals surface area (Å²) in [5, 5.41) is 0. The molecule has 4 aliphatic rings. The van der Waals surface area contributed by atoms with Crippen molar-refractivity contribution in [2.75, 3.05) is 26.2 Å². The molecule has 0 spiro atoms. The number of likely N-dealkylation sites (tertiary alicyclic amines) is 2. The Morgan fingerprint density at radius 3 is 1.59 bits per heavy atom. The molecule has 4 nitrogen and oxygen atoms in total. The lowest BCUT2D eigenvalue weighted by molar-refractivity contribution is 0.493. The molecule has 2 heterocycles. The third-order valence-corrected chi connectivity index (χ3v) is 14.4. The van der Waals surface area contributed by atoms with E-state index in [1.54, 1.807) is 5.56 Å². The van der Waals surface area contributed by atoms with Gasteiger partial charge in [-0.3, -0.25) is 0 Å². The van der Waals surface area contributed by atoms with Gasteiger partial charge in [-0.25, -0.2) is 0 Å². The lowest BCUT2D eigenvalue weighted by Crippen LogP contribution is -2.47. The third-order valence-electron chi connectivity index (χ3n) is 9.33. The number of nitrogens with one attached hydrogen (secondary N) is 2. The first-order valence-corrected chi connectivity index (χ1v) is 21.4. The fraction of sp³-hybridized carbons (Fsp3) is 0.579. The number of rotatable bonds is 7. The first-order valence-electron chi connectivity index (χ1n) is 17.2. The lowest BCUT2D eigenvalue weighted by Gasteiger charge is -2.28. The van der Waals surface area contributed by atoms with E-state index in [2.05, 4.69) is 136 Å². The topological polar surface area (TPSA) is 30.5 Å². The van der Waals surface area contributed by atoms with Gasteiger partial charge in [0.2, 0.25) is 0 Å². The molecule has 0 saturated carbocycles. The summed E-state index contributed by atoms with van der Waals surface area (Å²) in [5.74, 6) is 0. The largest absolute Gasteiger partial charge is 0.371 e. The second-order valence-corrected chi connectivity index (χ2v) is 19.9. The lowest BCUT2D eigenvalue weighted by atomic mass is 10.0. The van der Waals surface area contributed by atoms with Crippen molar-refractivity contribution < 1.29 is 0 Å². The van der Waals surface area contributed by atoms with E-state index in [0.29, 0.717) is 11.1 Å². The highest BCUT2D eigenvalue weighted by atomic mass is 28.3. The molecule has 2 aromatic rings. The minimum absolute atomic E-state index is 0.190. The normalized spacial score (nSPS) is 21.4. The average molecular weight is 627 g/mol. The Morgan fingerprint density at radius 2 is 1.11 bits per heavy atom. The second-order valence-electron chi connectivity index (χ2n) is 15.4. The number of benzene rings is 2. The van der Waals surface area contributed by atoms with Crippen LogP contribution in [0.25, 0.3) is 11.4 Å². The van der Waals surface area contributed by atoms with Crippen LogP contribution in [0.3, 0.4) is 0 Å². The van der Waals surface area contributed by atoms with Crippen LogP contribution in [-0.4, -0.2) is 65.0 Å². The SMILES string of the molecule is CCc1ccc2c(c1)C([Si](C)NC(C)(C)C)C=C2N1CCCC1.C[Si](NC(C)(C)C)C1C=C(N2CCCC2)c2ccccc21. The summed E-state index contributed by atoms with van der Waals surface area (Å²) >= 11 is 0. The highest BCUT2D eigenvalue weighted by Crippen LogP contribution is 2.41. The Kier molecular flexibility index (Phi) is 10.4. The Bertz CT molecular complexity index is 1340. The fourth-order valence-electron chi connectivity index (χ4n) is 7.52. The van der Waals surface area contributed by atoms with Crippen molar-refractivity contribution in [3.8, 4) is 0 Å². The Balaban J connectivity index is 0.000000175. The maximum Gasteiger partial charge on any atom is 0.142 e. The summed E-state index contributed by atoms with van der Waals surface area (Å²) < 4.78 is 0. The maximum atomic E-state index is 3.89. The Morgan fingerprint density at radius 1 is 0.659 bits per heavy atom. The van der Waals surface area contributed by atoms with Gasteiger partial charge in [-0.05, 0) is 90.3 Å². The molecular formula is C38H58N4Si2. The van der Waals surface area contributed by atoms with Gasteiger partial charge in [-0.1, -0.05) is 74.6 Å². The van der Waals surface area contributed by atoms with Crippen molar-refractivity contribution >= 4 is 29.3 Å². The maximum absolute atomic E-state index is 3.89. The van der Waals surface area contributed by atoms with Crippen molar-refractivity contribution in [1.29, 1.82) is 0 Å². The van der Waals surface area contributed by atoms with Gasteiger partial charge in [-0.15, -0.1) is 0 Å². The molecule has 2 unspecified atom stereocenters. The van der Waals surface area contributed by atoms with E-state index in [-0.39, 0.29) is 11.1 Å². The monoisotopic (exact) mass is 626 g/mol. The van der Waals surface area contributed by atoms with E-state index in [1.807, 2.05) is 0 Å². The van der Waals surface area contributed by atoms with Gasteiger partial charge < -0.3 is 19.8 Å². The Hall–Kier alpha value is -2.13. The van der Waals surface area contributed by atoms with Crippen LogP contribution in [0.2, 0.25) is 13.1 Å². The molecule has 2 aromatic carbocycles. The third kappa shape index (κ3) is 7.80. The molecule has 2 radical (unpaired) electrons. The van der Waals surface area contributed by atoms with Gasteiger partial charge in [0.1, 0.15) is 17.9 Å². The van der Waals surface area contributed by atoms with Crippen molar-refractivity contribution in [2.45, 2.75) is 116 Å². The highest BCUT2D eigenvalue weighted by Gasteiger charge is 2.34. The van der Waals surface area contributed by atoms with Gasteiger partial charge in [0.25, 0.3) is 0 Å². The quantitative estimate of drug-likeness (QED) is 0.304. The highest BCUT2D eigenvalue weighted by molar-refractivity contribution is 6.58. The predicted molar refractivity (Wildman–Crippen MR) is 194 cm³/mol.